The molecule has 0 aliphatic rings. The first kappa shape index (κ1) is 20.8. The van der Waals surface area contributed by atoms with Gasteiger partial charge in [-0.1, -0.05) is 29.3 Å². The number of halogens is 2. The van der Waals surface area contributed by atoms with E-state index in [0.717, 1.165) is 10.1 Å². The van der Waals surface area contributed by atoms with E-state index in [-0.39, 0.29) is 12.3 Å². The second-order valence-corrected chi connectivity index (χ2v) is 9.15. The predicted octanol–water partition coefficient (Wildman–Crippen LogP) is 3.91. The monoisotopic (exact) mass is 480 g/mol. The Labute approximate surface area is 188 Å². The molecule has 0 radical (unpaired) electrons. The Morgan fingerprint density at radius 1 is 1.10 bits per heavy atom. The Morgan fingerprint density at radius 2 is 1.87 bits per heavy atom. The quantitative estimate of drug-likeness (QED) is 0.479. The van der Waals surface area contributed by atoms with Gasteiger partial charge in [-0.25, -0.2) is 9.78 Å². The fourth-order valence-corrected chi connectivity index (χ4v) is 5.09. The first-order valence-corrected chi connectivity index (χ1v) is 11.1. The Kier molecular flexibility index (Phi) is 5.54. The molecule has 0 atom stereocenters. The van der Waals surface area contributed by atoms with E-state index in [1.807, 2.05) is 0 Å². The number of aryl methyl sites for hydroxylation is 1. The third kappa shape index (κ3) is 3.69. The largest absolute Gasteiger partial charge is 0.330 e. The van der Waals surface area contributed by atoms with Gasteiger partial charge < -0.3 is 5.32 Å². The summed E-state index contributed by atoms with van der Waals surface area (Å²) in [6.07, 6.45) is 0.00327. The molecule has 11 heteroatoms. The zero-order valence-electron chi connectivity index (χ0n) is 15.7. The maximum absolute atomic E-state index is 12.6. The summed E-state index contributed by atoms with van der Waals surface area (Å²) in [5, 5.41) is 7.98. The van der Waals surface area contributed by atoms with Crippen LogP contribution in [-0.4, -0.2) is 20.0 Å². The molecule has 0 fully saturated rings. The second kappa shape index (κ2) is 7.99. The van der Waals surface area contributed by atoms with Crippen molar-refractivity contribution in [3.05, 3.63) is 64.7 Å². The van der Waals surface area contributed by atoms with E-state index in [2.05, 4.69) is 10.3 Å². The lowest BCUT2D eigenvalue weighted by molar-refractivity contribution is -0.115. The number of rotatable bonds is 4. The molecule has 3 aromatic heterocycles. The number of hydrogen-bond acceptors (Lipinski definition) is 6. The molecule has 0 aliphatic heterocycles. The number of thiophene rings is 1. The number of anilines is 1. The highest BCUT2D eigenvalue weighted by molar-refractivity contribution is 7.14. The molecule has 7 nitrogen and oxygen atoms in total. The molecule has 4 aromatic rings. The van der Waals surface area contributed by atoms with Crippen LogP contribution in [-0.2, 0) is 25.3 Å². The van der Waals surface area contributed by atoms with Gasteiger partial charge in [0, 0.05) is 35.3 Å². The molecule has 30 heavy (non-hydrogen) atoms. The Balaban J connectivity index is 1.56. The molecular formula is C19H14Cl2N4O3S2. The van der Waals surface area contributed by atoms with Crippen molar-refractivity contribution in [2.45, 2.75) is 6.42 Å². The van der Waals surface area contributed by atoms with Gasteiger partial charge >= 0.3 is 5.69 Å². The van der Waals surface area contributed by atoms with Gasteiger partial charge in [0.05, 0.1) is 33.1 Å². The topological polar surface area (TPSA) is 86.0 Å². The maximum atomic E-state index is 12.6. The summed E-state index contributed by atoms with van der Waals surface area (Å²) in [4.78, 5) is 42.2. The number of carbonyl (C=O) groups is 1. The number of thiazole rings is 1. The van der Waals surface area contributed by atoms with Crippen LogP contribution >= 0.6 is 45.9 Å². The lowest BCUT2D eigenvalue weighted by atomic mass is 10.2. The summed E-state index contributed by atoms with van der Waals surface area (Å²) >= 11 is 14.6. The highest BCUT2D eigenvalue weighted by atomic mass is 35.5. The van der Waals surface area contributed by atoms with E-state index in [0.29, 0.717) is 36.7 Å². The SMILES string of the molecule is Cn1c(=O)c2c(CC(=O)Nc3nc(-c4ccc(Cl)c(Cl)c4)cs3)scc2n(C)c1=O. The fourth-order valence-electron chi connectivity index (χ4n) is 3.00. The van der Waals surface area contributed by atoms with Crippen LogP contribution in [0, 0.1) is 0 Å². The molecule has 0 bridgehead atoms. The number of aromatic nitrogens is 3. The van der Waals surface area contributed by atoms with E-state index in [9.17, 15) is 14.4 Å². The lowest BCUT2D eigenvalue weighted by Gasteiger charge is -2.05. The van der Waals surface area contributed by atoms with Crippen molar-refractivity contribution in [1.82, 2.24) is 14.1 Å². The molecule has 0 spiro atoms. The van der Waals surface area contributed by atoms with Crippen LogP contribution in [0.3, 0.4) is 0 Å². The van der Waals surface area contributed by atoms with Crippen molar-refractivity contribution in [3.8, 4) is 11.3 Å². The second-order valence-electron chi connectivity index (χ2n) is 6.52. The molecule has 3 heterocycles. The molecule has 0 saturated carbocycles. The molecule has 4 rings (SSSR count). The third-order valence-electron chi connectivity index (χ3n) is 4.59. The van der Waals surface area contributed by atoms with E-state index in [1.54, 1.807) is 36.0 Å². The average Bonchev–Trinajstić information content (AvgIpc) is 3.34. The molecule has 0 aliphatic carbocycles. The first-order valence-electron chi connectivity index (χ1n) is 8.63. The van der Waals surface area contributed by atoms with Crippen molar-refractivity contribution in [2.75, 3.05) is 5.32 Å². The van der Waals surface area contributed by atoms with Gasteiger partial charge in [0.15, 0.2) is 5.13 Å². The van der Waals surface area contributed by atoms with Gasteiger partial charge in [-0.05, 0) is 12.1 Å². The van der Waals surface area contributed by atoms with Crippen molar-refractivity contribution in [3.63, 3.8) is 0 Å². The van der Waals surface area contributed by atoms with Crippen LogP contribution in [0.2, 0.25) is 10.0 Å². The van der Waals surface area contributed by atoms with Crippen LogP contribution in [0.15, 0.2) is 38.5 Å². The number of carbonyl (C=O) groups excluding carboxylic acids is 1. The fraction of sp³-hybridized carbons (Fsp3) is 0.158. The van der Waals surface area contributed by atoms with Crippen LogP contribution in [0.1, 0.15) is 4.88 Å². The highest BCUT2D eigenvalue weighted by Gasteiger charge is 2.17. The molecule has 0 unspecified atom stereocenters. The minimum atomic E-state index is -0.409. The summed E-state index contributed by atoms with van der Waals surface area (Å²) in [5.41, 5.74) is 1.16. The van der Waals surface area contributed by atoms with Crippen LogP contribution in [0.4, 0.5) is 5.13 Å². The molecule has 1 amide bonds. The Bertz CT molecular complexity index is 1420. The van der Waals surface area contributed by atoms with Gasteiger partial charge in [-0.2, -0.15) is 0 Å². The summed E-state index contributed by atoms with van der Waals surface area (Å²) in [5.74, 6) is -0.301. The smallest absolute Gasteiger partial charge is 0.302 e. The molecular weight excluding hydrogens is 467 g/mol. The summed E-state index contributed by atoms with van der Waals surface area (Å²) < 4.78 is 2.44. The van der Waals surface area contributed by atoms with Crippen molar-refractivity contribution < 1.29 is 4.79 Å². The summed E-state index contributed by atoms with van der Waals surface area (Å²) in [7, 11) is 3.02. The van der Waals surface area contributed by atoms with Crippen LogP contribution in [0.25, 0.3) is 22.2 Å². The van der Waals surface area contributed by atoms with Crippen LogP contribution in [0.5, 0.6) is 0 Å². The minimum Gasteiger partial charge on any atom is -0.302 e. The molecule has 1 N–H and O–H groups in total. The van der Waals surface area contributed by atoms with Gasteiger partial charge in [-0.15, -0.1) is 22.7 Å². The summed E-state index contributed by atoms with van der Waals surface area (Å²) in [6, 6.07) is 5.20. The first-order chi connectivity index (χ1) is 14.3. The van der Waals surface area contributed by atoms with Gasteiger partial charge in [-0.3, -0.25) is 18.7 Å². The van der Waals surface area contributed by atoms with Crippen LogP contribution < -0.4 is 16.6 Å². The van der Waals surface area contributed by atoms with Crippen molar-refractivity contribution in [2.24, 2.45) is 14.1 Å². The standard InChI is InChI=1S/C19H14Cl2N4O3S2/c1-24-13-8-29-14(16(13)17(27)25(2)19(24)28)6-15(26)23-18-22-12(7-30-18)9-3-4-10(20)11(21)5-9/h3-5,7-8H,6H2,1-2H3,(H,22,23,26). The van der Waals surface area contributed by atoms with E-state index in [1.165, 1.54) is 34.3 Å². The number of fused-ring (bicyclic) bond motifs is 1. The number of nitrogens with zero attached hydrogens (tertiary/aromatic N) is 3. The lowest BCUT2D eigenvalue weighted by Crippen LogP contribution is -2.36. The summed E-state index contributed by atoms with van der Waals surface area (Å²) in [6.45, 7) is 0. The van der Waals surface area contributed by atoms with Gasteiger partial charge in [0.1, 0.15) is 0 Å². The molecule has 1 aromatic carbocycles. The van der Waals surface area contributed by atoms with E-state index < -0.39 is 11.2 Å². The van der Waals surface area contributed by atoms with E-state index >= 15 is 0 Å². The zero-order chi connectivity index (χ0) is 21.6. The van der Waals surface area contributed by atoms with Crippen molar-refractivity contribution >= 4 is 67.8 Å². The van der Waals surface area contributed by atoms with Crippen molar-refractivity contribution in [1.29, 1.82) is 0 Å². The highest BCUT2D eigenvalue weighted by Crippen LogP contribution is 2.30. The Morgan fingerprint density at radius 3 is 2.60 bits per heavy atom. The number of nitrogens with one attached hydrogen (secondary N) is 1. The average molecular weight is 481 g/mol. The predicted molar refractivity (Wildman–Crippen MR) is 122 cm³/mol. The zero-order valence-corrected chi connectivity index (χ0v) is 18.9. The maximum Gasteiger partial charge on any atom is 0.330 e. The Hall–Kier alpha value is -2.46. The normalized spacial score (nSPS) is 11.2. The number of amides is 1. The number of hydrogen-bond donors (Lipinski definition) is 1. The number of benzene rings is 1. The van der Waals surface area contributed by atoms with E-state index in [4.69, 9.17) is 23.2 Å². The third-order valence-corrected chi connectivity index (χ3v) is 7.06. The molecule has 154 valence electrons. The van der Waals surface area contributed by atoms with Gasteiger partial charge in [0.25, 0.3) is 5.56 Å². The minimum absolute atomic E-state index is 0.00327. The molecule has 0 saturated heterocycles. The van der Waals surface area contributed by atoms with Gasteiger partial charge in [0.2, 0.25) is 5.91 Å².